The van der Waals surface area contributed by atoms with Gasteiger partial charge in [-0.3, -0.25) is 9.59 Å². The number of esters is 1. The van der Waals surface area contributed by atoms with Crippen molar-refractivity contribution < 1.29 is 29.3 Å². The van der Waals surface area contributed by atoms with Gasteiger partial charge in [-0.05, 0) is 19.1 Å². The maximum atomic E-state index is 11.1. The number of rotatable bonds is 6. The Hall–Kier alpha value is -2.12. The van der Waals surface area contributed by atoms with E-state index in [0.717, 1.165) is 0 Å². The monoisotopic (exact) mass is 297 g/mol. The lowest BCUT2D eigenvalue weighted by atomic mass is 10.1. The number of carbonyl (C=O) groups is 2. The molecule has 1 aromatic rings. The van der Waals surface area contributed by atoms with Gasteiger partial charge in [0, 0.05) is 19.9 Å². The molecule has 0 aromatic heterocycles. The molecule has 0 heterocycles. The highest BCUT2D eigenvalue weighted by Gasteiger charge is 2.21. The molecule has 1 unspecified atom stereocenters. The summed E-state index contributed by atoms with van der Waals surface area (Å²) >= 11 is 0. The van der Waals surface area contributed by atoms with E-state index in [0.29, 0.717) is 5.69 Å². The van der Waals surface area contributed by atoms with E-state index in [2.05, 4.69) is 5.32 Å². The van der Waals surface area contributed by atoms with Gasteiger partial charge in [-0.2, -0.15) is 0 Å². The average Bonchev–Trinajstić information content (AvgIpc) is 2.37. The molecule has 1 rings (SSSR count). The lowest BCUT2D eigenvalue weighted by molar-refractivity contribution is -0.131. The van der Waals surface area contributed by atoms with E-state index in [1.807, 2.05) is 0 Å². The first-order valence-electron chi connectivity index (χ1n) is 6.29. The SMILES string of the molecule is CC(=O)Nc1ccc(OC(C)=O)cc1OCC(C)(O)CO. The first-order valence-corrected chi connectivity index (χ1v) is 6.29. The Kier molecular flexibility index (Phi) is 5.69. The summed E-state index contributed by atoms with van der Waals surface area (Å²) in [5.74, 6) is -0.322. The standard InChI is InChI=1S/C14H19NO6/c1-9(17)15-12-5-4-11(21-10(2)18)6-13(12)20-8-14(3,19)7-16/h4-6,16,19H,7-8H2,1-3H3,(H,15,17). The van der Waals surface area contributed by atoms with Gasteiger partial charge in [0.15, 0.2) is 0 Å². The van der Waals surface area contributed by atoms with Crippen LogP contribution in [0.4, 0.5) is 5.69 Å². The molecule has 7 heteroatoms. The zero-order valence-electron chi connectivity index (χ0n) is 12.2. The van der Waals surface area contributed by atoms with Gasteiger partial charge >= 0.3 is 5.97 Å². The minimum atomic E-state index is -1.43. The summed E-state index contributed by atoms with van der Waals surface area (Å²) < 4.78 is 10.3. The minimum Gasteiger partial charge on any atom is -0.488 e. The van der Waals surface area contributed by atoms with Crippen LogP contribution in [0.2, 0.25) is 0 Å². The number of nitrogens with one attached hydrogen (secondary N) is 1. The number of hydrogen-bond acceptors (Lipinski definition) is 6. The Labute approximate surface area is 122 Å². The van der Waals surface area contributed by atoms with Gasteiger partial charge in [-0.1, -0.05) is 0 Å². The fourth-order valence-electron chi connectivity index (χ4n) is 1.42. The Morgan fingerprint density at radius 3 is 2.52 bits per heavy atom. The van der Waals surface area contributed by atoms with Crippen LogP contribution < -0.4 is 14.8 Å². The van der Waals surface area contributed by atoms with E-state index >= 15 is 0 Å². The van der Waals surface area contributed by atoms with Crippen LogP contribution in [0.1, 0.15) is 20.8 Å². The van der Waals surface area contributed by atoms with Crippen LogP contribution in [-0.2, 0) is 9.59 Å². The van der Waals surface area contributed by atoms with Crippen molar-refractivity contribution in [3.63, 3.8) is 0 Å². The van der Waals surface area contributed by atoms with Crippen molar-refractivity contribution >= 4 is 17.6 Å². The number of ether oxygens (including phenoxy) is 2. The Morgan fingerprint density at radius 1 is 1.33 bits per heavy atom. The molecule has 21 heavy (non-hydrogen) atoms. The molecular weight excluding hydrogens is 278 g/mol. The van der Waals surface area contributed by atoms with E-state index in [-0.39, 0.29) is 24.0 Å². The second-order valence-corrected chi connectivity index (χ2v) is 4.88. The van der Waals surface area contributed by atoms with Crippen LogP contribution in [0.3, 0.4) is 0 Å². The molecule has 116 valence electrons. The van der Waals surface area contributed by atoms with Gasteiger partial charge in [-0.25, -0.2) is 0 Å². The third-order valence-electron chi connectivity index (χ3n) is 2.40. The maximum Gasteiger partial charge on any atom is 0.308 e. The second kappa shape index (κ2) is 7.05. The molecule has 1 amide bonds. The van der Waals surface area contributed by atoms with Gasteiger partial charge in [0.05, 0.1) is 12.3 Å². The molecule has 0 aliphatic rings. The summed E-state index contributed by atoms with van der Waals surface area (Å²) in [5, 5.41) is 21.3. The largest absolute Gasteiger partial charge is 0.488 e. The highest BCUT2D eigenvalue weighted by molar-refractivity contribution is 5.90. The molecule has 1 atom stereocenters. The van der Waals surface area contributed by atoms with Crippen molar-refractivity contribution in [1.82, 2.24) is 0 Å². The molecule has 0 aliphatic heterocycles. The first-order chi connectivity index (χ1) is 9.73. The maximum absolute atomic E-state index is 11.1. The van der Waals surface area contributed by atoms with E-state index in [9.17, 15) is 14.7 Å². The van der Waals surface area contributed by atoms with Crippen LogP contribution >= 0.6 is 0 Å². The smallest absolute Gasteiger partial charge is 0.308 e. The fraction of sp³-hybridized carbons (Fsp3) is 0.429. The second-order valence-electron chi connectivity index (χ2n) is 4.88. The predicted octanol–water partition coefficient (Wildman–Crippen LogP) is 0.692. The van der Waals surface area contributed by atoms with Crippen molar-refractivity contribution in [2.45, 2.75) is 26.4 Å². The summed E-state index contributed by atoms with van der Waals surface area (Å²) in [6.07, 6.45) is 0. The van der Waals surface area contributed by atoms with Gasteiger partial charge in [-0.15, -0.1) is 0 Å². The zero-order valence-corrected chi connectivity index (χ0v) is 12.2. The van der Waals surface area contributed by atoms with Crippen molar-refractivity contribution in [2.24, 2.45) is 0 Å². The van der Waals surface area contributed by atoms with Crippen LogP contribution in [-0.4, -0.2) is 40.9 Å². The number of aliphatic hydroxyl groups excluding tert-OH is 1. The Bertz CT molecular complexity index is 526. The predicted molar refractivity (Wildman–Crippen MR) is 75.3 cm³/mol. The van der Waals surface area contributed by atoms with E-state index in [4.69, 9.17) is 14.6 Å². The van der Waals surface area contributed by atoms with E-state index < -0.39 is 18.2 Å². The summed E-state index contributed by atoms with van der Waals surface area (Å²) in [7, 11) is 0. The lowest BCUT2D eigenvalue weighted by Gasteiger charge is -2.22. The molecule has 0 fully saturated rings. The third-order valence-corrected chi connectivity index (χ3v) is 2.40. The minimum absolute atomic E-state index is 0.195. The summed E-state index contributed by atoms with van der Waals surface area (Å²) in [6, 6.07) is 4.44. The molecular formula is C14H19NO6. The highest BCUT2D eigenvalue weighted by Crippen LogP contribution is 2.30. The topological polar surface area (TPSA) is 105 Å². The van der Waals surface area contributed by atoms with Gasteiger partial charge < -0.3 is 25.0 Å². The van der Waals surface area contributed by atoms with Gasteiger partial charge in [0.2, 0.25) is 5.91 Å². The fourth-order valence-corrected chi connectivity index (χ4v) is 1.42. The molecule has 0 spiro atoms. The summed E-state index contributed by atoms with van der Waals surface area (Å²) in [5.41, 5.74) is -1.06. The van der Waals surface area contributed by atoms with Crippen LogP contribution in [0.15, 0.2) is 18.2 Å². The number of carbonyl (C=O) groups excluding carboxylic acids is 2. The first kappa shape index (κ1) is 16.9. The number of amides is 1. The Balaban J connectivity index is 2.98. The van der Waals surface area contributed by atoms with Crippen LogP contribution in [0, 0.1) is 0 Å². The molecule has 0 bridgehead atoms. The molecule has 1 aromatic carbocycles. The Morgan fingerprint density at radius 2 is 2.00 bits per heavy atom. The summed E-state index contributed by atoms with van der Waals surface area (Å²) in [6.45, 7) is 3.33. The van der Waals surface area contributed by atoms with Crippen molar-refractivity contribution in [2.75, 3.05) is 18.5 Å². The number of aliphatic hydroxyl groups is 2. The van der Waals surface area contributed by atoms with E-state index in [1.54, 1.807) is 0 Å². The molecule has 7 nitrogen and oxygen atoms in total. The van der Waals surface area contributed by atoms with Crippen molar-refractivity contribution in [1.29, 1.82) is 0 Å². The van der Waals surface area contributed by atoms with Gasteiger partial charge in [0.1, 0.15) is 23.7 Å². The quantitative estimate of drug-likeness (QED) is 0.527. The zero-order chi connectivity index (χ0) is 16.0. The highest BCUT2D eigenvalue weighted by atomic mass is 16.5. The third kappa shape index (κ3) is 5.80. The number of hydrogen-bond donors (Lipinski definition) is 3. The van der Waals surface area contributed by atoms with Crippen molar-refractivity contribution in [3.05, 3.63) is 18.2 Å². The number of anilines is 1. The molecule has 0 radical (unpaired) electrons. The molecule has 0 saturated heterocycles. The molecule has 0 saturated carbocycles. The van der Waals surface area contributed by atoms with Crippen molar-refractivity contribution in [3.8, 4) is 11.5 Å². The van der Waals surface area contributed by atoms with Gasteiger partial charge in [0.25, 0.3) is 0 Å². The van der Waals surface area contributed by atoms with Crippen LogP contribution in [0.25, 0.3) is 0 Å². The van der Waals surface area contributed by atoms with E-state index in [1.165, 1.54) is 39.0 Å². The summed E-state index contributed by atoms with van der Waals surface area (Å²) in [4.78, 5) is 22.1. The average molecular weight is 297 g/mol. The molecule has 3 N–H and O–H groups in total. The lowest BCUT2D eigenvalue weighted by Crippen LogP contribution is -2.36. The molecule has 0 aliphatic carbocycles. The normalized spacial score (nSPS) is 13.2. The van der Waals surface area contributed by atoms with Crippen LogP contribution in [0.5, 0.6) is 11.5 Å². The number of benzene rings is 1.